The molecule has 1 saturated heterocycles. The molecule has 2 amide bonds. The van der Waals surface area contributed by atoms with Gasteiger partial charge in [-0.2, -0.15) is 0 Å². The molecular weight excluding hydrogens is 250 g/mol. The van der Waals surface area contributed by atoms with Gasteiger partial charge < -0.3 is 15.1 Å². The molecule has 2 aliphatic rings. The lowest BCUT2D eigenvalue weighted by Crippen LogP contribution is -2.58. The van der Waals surface area contributed by atoms with Crippen LogP contribution in [0.25, 0.3) is 0 Å². The predicted octanol–water partition coefficient (Wildman–Crippen LogP) is 1.36. The number of benzene rings is 1. The average Bonchev–Trinajstić information content (AvgIpc) is 2.90. The summed E-state index contributed by atoms with van der Waals surface area (Å²) < 4.78 is 0. The molecule has 1 aromatic rings. The lowest BCUT2D eigenvalue weighted by molar-refractivity contribution is 0.110. The standard InChI is InChI=1S/C16H23N3O/c1-18(2)16(20)19-8-7-17-11-15(19)14-9-12-5-3-4-6-13(12)10-14/h3-6,14-15,17H,7-11H2,1-2H3. The van der Waals surface area contributed by atoms with Crippen molar-refractivity contribution in [2.75, 3.05) is 33.7 Å². The molecule has 1 heterocycles. The molecule has 108 valence electrons. The Bertz CT molecular complexity index is 475. The number of piperazine rings is 1. The van der Waals surface area contributed by atoms with E-state index in [0.29, 0.717) is 12.0 Å². The van der Waals surface area contributed by atoms with E-state index in [9.17, 15) is 4.79 Å². The molecule has 0 saturated carbocycles. The van der Waals surface area contributed by atoms with Crippen LogP contribution in [0.2, 0.25) is 0 Å². The van der Waals surface area contributed by atoms with Gasteiger partial charge in [0.05, 0.1) is 0 Å². The Hall–Kier alpha value is -1.55. The van der Waals surface area contributed by atoms with Gasteiger partial charge in [0.25, 0.3) is 0 Å². The summed E-state index contributed by atoms with van der Waals surface area (Å²) in [5.74, 6) is 0.545. The molecule has 1 aliphatic heterocycles. The Morgan fingerprint density at radius 2 is 1.90 bits per heavy atom. The number of nitrogens with zero attached hydrogens (tertiary/aromatic N) is 2. The second-order valence-electron chi connectivity index (χ2n) is 6.08. The van der Waals surface area contributed by atoms with Crippen LogP contribution in [0.3, 0.4) is 0 Å². The molecule has 1 N–H and O–H groups in total. The number of nitrogens with one attached hydrogen (secondary N) is 1. The average molecular weight is 273 g/mol. The Morgan fingerprint density at radius 1 is 1.25 bits per heavy atom. The zero-order valence-electron chi connectivity index (χ0n) is 12.3. The van der Waals surface area contributed by atoms with Gasteiger partial charge in [-0.25, -0.2) is 4.79 Å². The molecule has 1 aliphatic carbocycles. The highest BCUT2D eigenvalue weighted by Crippen LogP contribution is 2.31. The fraction of sp³-hybridized carbons (Fsp3) is 0.562. The van der Waals surface area contributed by atoms with Crippen LogP contribution >= 0.6 is 0 Å². The van der Waals surface area contributed by atoms with E-state index in [1.807, 2.05) is 14.1 Å². The Morgan fingerprint density at radius 3 is 2.50 bits per heavy atom. The summed E-state index contributed by atoms with van der Waals surface area (Å²) in [6.07, 6.45) is 2.19. The SMILES string of the molecule is CN(C)C(=O)N1CCNCC1C1Cc2ccccc2C1. The predicted molar refractivity (Wildman–Crippen MR) is 79.8 cm³/mol. The molecule has 0 aromatic heterocycles. The number of hydrogen-bond donors (Lipinski definition) is 1. The summed E-state index contributed by atoms with van der Waals surface area (Å²) in [6, 6.07) is 9.14. The molecule has 1 atom stereocenters. The van der Waals surface area contributed by atoms with E-state index in [1.54, 1.807) is 4.90 Å². The van der Waals surface area contributed by atoms with Gasteiger partial charge in [-0.15, -0.1) is 0 Å². The zero-order valence-corrected chi connectivity index (χ0v) is 12.3. The van der Waals surface area contributed by atoms with Crippen LogP contribution in [0.4, 0.5) is 4.79 Å². The second-order valence-corrected chi connectivity index (χ2v) is 6.08. The van der Waals surface area contributed by atoms with E-state index in [2.05, 4.69) is 34.5 Å². The number of urea groups is 1. The first-order valence-corrected chi connectivity index (χ1v) is 7.42. The van der Waals surface area contributed by atoms with E-state index in [0.717, 1.165) is 32.5 Å². The van der Waals surface area contributed by atoms with Gasteiger partial charge in [0.15, 0.2) is 0 Å². The number of fused-ring (bicyclic) bond motifs is 1. The van der Waals surface area contributed by atoms with Crippen LogP contribution in [-0.4, -0.2) is 55.6 Å². The summed E-state index contributed by atoms with van der Waals surface area (Å²) in [6.45, 7) is 2.63. The normalized spacial score (nSPS) is 22.7. The molecule has 1 fully saturated rings. The van der Waals surface area contributed by atoms with Crippen LogP contribution in [0, 0.1) is 5.92 Å². The summed E-state index contributed by atoms with van der Waals surface area (Å²) in [5.41, 5.74) is 2.92. The van der Waals surface area contributed by atoms with Gasteiger partial charge in [0.1, 0.15) is 0 Å². The van der Waals surface area contributed by atoms with Crippen LogP contribution in [-0.2, 0) is 12.8 Å². The fourth-order valence-corrected chi connectivity index (χ4v) is 3.51. The minimum atomic E-state index is 0.146. The maximum absolute atomic E-state index is 12.4. The first kappa shape index (κ1) is 13.4. The summed E-state index contributed by atoms with van der Waals surface area (Å²) in [4.78, 5) is 16.1. The van der Waals surface area contributed by atoms with Crippen molar-refractivity contribution in [2.24, 2.45) is 5.92 Å². The van der Waals surface area contributed by atoms with Crippen LogP contribution in [0.1, 0.15) is 11.1 Å². The molecule has 3 rings (SSSR count). The number of rotatable bonds is 1. The molecule has 1 unspecified atom stereocenters. The third kappa shape index (κ3) is 2.40. The van der Waals surface area contributed by atoms with Crippen molar-refractivity contribution in [1.29, 1.82) is 0 Å². The van der Waals surface area contributed by atoms with Crippen molar-refractivity contribution in [3.8, 4) is 0 Å². The number of amides is 2. The van der Waals surface area contributed by atoms with E-state index >= 15 is 0 Å². The van der Waals surface area contributed by atoms with Crippen molar-refractivity contribution >= 4 is 6.03 Å². The highest BCUT2D eigenvalue weighted by Gasteiger charge is 2.36. The van der Waals surface area contributed by atoms with E-state index in [1.165, 1.54) is 11.1 Å². The minimum Gasteiger partial charge on any atom is -0.331 e. The molecular formula is C16H23N3O. The highest BCUT2D eigenvalue weighted by atomic mass is 16.2. The van der Waals surface area contributed by atoms with Crippen molar-refractivity contribution in [3.05, 3.63) is 35.4 Å². The first-order valence-electron chi connectivity index (χ1n) is 7.42. The molecule has 4 nitrogen and oxygen atoms in total. The van der Waals surface area contributed by atoms with E-state index in [-0.39, 0.29) is 6.03 Å². The minimum absolute atomic E-state index is 0.146. The quantitative estimate of drug-likeness (QED) is 0.838. The molecule has 0 bridgehead atoms. The van der Waals surface area contributed by atoms with Gasteiger partial charge in [-0.05, 0) is 29.9 Å². The third-order valence-electron chi connectivity index (χ3n) is 4.54. The van der Waals surface area contributed by atoms with Crippen molar-refractivity contribution in [3.63, 3.8) is 0 Å². The fourth-order valence-electron chi connectivity index (χ4n) is 3.51. The number of carbonyl (C=O) groups excluding carboxylic acids is 1. The van der Waals surface area contributed by atoms with Crippen molar-refractivity contribution in [1.82, 2.24) is 15.1 Å². The molecule has 0 radical (unpaired) electrons. The lowest BCUT2D eigenvalue weighted by atomic mass is 9.94. The monoisotopic (exact) mass is 273 g/mol. The molecule has 0 spiro atoms. The molecule has 4 heteroatoms. The summed E-state index contributed by atoms with van der Waals surface area (Å²) in [5, 5.41) is 3.45. The summed E-state index contributed by atoms with van der Waals surface area (Å²) >= 11 is 0. The third-order valence-corrected chi connectivity index (χ3v) is 4.54. The van der Waals surface area contributed by atoms with Gasteiger partial charge in [0.2, 0.25) is 0 Å². The Balaban J connectivity index is 1.77. The van der Waals surface area contributed by atoms with Crippen molar-refractivity contribution < 1.29 is 4.79 Å². The Kier molecular flexibility index (Phi) is 3.66. The first-order chi connectivity index (χ1) is 9.66. The van der Waals surface area contributed by atoms with Gasteiger partial charge >= 0.3 is 6.03 Å². The highest BCUT2D eigenvalue weighted by molar-refractivity contribution is 5.74. The zero-order chi connectivity index (χ0) is 14.1. The smallest absolute Gasteiger partial charge is 0.319 e. The van der Waals surface area contributed by atoms with E-state index in [4.69, 9.17) is 0 Å². The molecule has 20 heavy (non-hydrogen) atoms. The molecule has 1 aromatic carbocycles. The number of carbonyl (C=O) groups is 1. The van der Waals surface area contributed by atoms with Crippen LogP contribution in [0.5, 0.6) is 0 Å². The van der Waals surface area contributed by atoms with Crippen LogP contribution in [0.15, 0.2) is 24.3 Å². The Labute approximate surface area is 120 Å². The van der Waals surface area contributed by atoms with Gasteiger partial charge in [0, 0.05) is 39.8 Å². The number of hydrogen-bond acceptors (Lipinski definition) is 2. The van der Waals surface area contributed by atoms with E-state index < -0.39 is 0 Å². The largest absolute Gasteiger partial charge is 0.331 e. The topological polar surface area (TPSA) is 35.6 Å². The lowest BCUT2D eigenvalue weighted by Gasteiger charge is -2.40. The maximum Gasteiger partial charge on any atom is 0.319 e. The van der Waals surface area contributed by atoms with Crippen LogP contribution < -0.4 is 5.32 Å². The van der Waals surface area contributed by atoms with Gasteiger partial charge in [-0.3, -0.25) is 0 Å². The summed E-state index contributed by atoms with van der Waals surface area (Å²) in [7, 11) is 3.68. The second kappa shape index (κ2) is 5.44. The van der Waals surface area contributed by atoms with Gasteiger partial charge in [-0.1, -0.05) is 24.3 Å². The maximum atomic E-state index is 12.4. The van der Waals surface area contributed by atoms with Crippen molar-refractivity contribution in [2.45, 2.75) is 18.9 Å².